The standard InChI is InChI=1S/C12H22N2O5/c1-4-18-7-10(15)14-9(11(13)16)6-8(3)12(17)19-5-2/h8-9H,4-7H2,1-3H3,(H2,13,16)(H,14,15)/t8-,9-/m0/s1. The third-order valence-electron chi connectivity index (χ3n) is 2.39. The van der Waals surface area contributed by atoms with Gasteiger partial charge >= 0.3 is 5.97 Å². The molecule has 2 amide bonds. The summed E-state index contributed by atoms with van der Waals surface area (Å²) in [5.74, 6) is -2.08. The smallest absolute Gasteiger partial charge is 0.308 e. The molecule has 0 fully saturated rings. The van der Waals surface area contributed by atoms with E-state index in [9.17, 15) is 14.4 Å². The predicted molar refractivity (Wildman–Crippen MR) is 68.0 cm³/mol. The van der Waals surface area contributed by atoms with Crippen LogP contribution in [0.1, 0.15) is 27.2 Å². The normalized spacial score (nSPS) is 13.4. The van der Waals surface area contributed by atoms with Crippen LogP contribution >= 0.6 is 0 Å². The summed E-state index contributed by atoms with van der Waals surface area (Å²) in [4.78, 5) is 34.1. The maximum Gasteiger partial charge on any atom is 0.308 e. The topological polar surface area (TPSA) is 108 Å². The van der Waals surface area contributed by atoms with Gasteiger partial charge in [0.2, 0.25) is 11.8 Å². The van der Waals surface area contributed by atoms with Crippen LogP contribution in [-0.2, 0) is 23.9 Å². The molecule has 0 aliphatic carbocycles. The zero-order valence-electron chi connectivity index (χ0n) is 11.6. The lowest BCUT2D eigenvalue weighted by Gasteiger charge is -2.18. The molecular formula is C12H22N2O5. The van der Waals surface area contributed by atoms with Crippen molar-refractivity contribution in [2.75, 3.05) is 19.8 Å². The minimum absolute atomic E-state index is 0.103. The van der Waals surface area contributed by atoms with Crippen molar-refractivity contribution < 1.29 is 23.9 Å². The van der Waals surface area contributed by atoms with E-state index in [1.54, 1.807) is 20.8 Å². The Morgan fingerprint density at radius 3 is 2.32 bits per heavy atom. The third-order valence-corrected chi connectivity index (χ3v) is 2.39. The Kier molecular flexibility index (Phi) is 8.52. The van der Waals surface area contributed by atoms with Crippen LogP contribution < -0.4 is 11.1 Å². The van der Waals surface area contributed by atoms with Gasteiger partial charge in [0.15, 0.2) is 0 Å². The molecule has 7 heteroatoms. The van der Waals surface area contributed by atoms with E-state index in [1.165, 1.54) is 0 Å². The second-order valence-electron chi connectivity index (χ2n) is 4.05. The summed E-state index contributed by atoms with van der Waals surface area (Å²) in [6, 6.07) is -0.910. The molecule has 0 heterocycles. The lowest BCUT2D eigenvalue weighted by Crippen LogP contribution is -2.47. The highest BCUT2D eigenvalue weighted by molar-refractivity contribution is 5.87. The molecule has 0 saturated heterocycles. The fourth-order valence-electron chi connectivity index (χ4n) is 1.41. The number of carbonyl (C=O) groups excluding carboxylic acids is 3. The zero-order chi connectivity index (χ0) is 14.8. The predicted octanol–water partition coefficient (Wildman–Crippen LogP) is -0.418. The first-order valence-corrected chi connectivity index (χ1v) is 6.25. The van der Waals surface area contributed by atoms with Crippen molar-refractivity contribution in [2.45, 2.75) is 33.2 Å². The number of esters is 1. The van der Waals surface area contributed by atoms with Crippen molar-refractivity contribution in [3.63, 3.8) is 0 Å². The highest BCUT2D eigenvalue weighted by Gasteiger charge is 2.25. The van der Waals surface area contributed by atoms with Crippen LogP contribution in [0.3, 0.4) is 0 Å². The molecule has 19 heavy (non-hydrogen) atoms. The van der Waals surface area contributed by atoms with Gasteiger partial charge in [-0.25, -0.2) is 0 Å². The molecule has 0 aromatic rings. The second kappa shape index (κ2) is 9.32. The lowest BCUT2D eigenvalue weighted by molar-refractivity contribution is -0.148. The lowest BCUT2D eigenvalue weighted by atomic mass is 10.0. The molecule has 7 nitrogen and oxygen atoms in total. The number of nitrogens with two attached hydrogens (primary N) is 1. The number of hydrogen-bond donors (Lipinski definition) is 2. The second-order valence-corrected chi connectivity index (χ2v) is 4.05. The first kappa shape index (κ1) is 17.4. The summed E-state index contributed by atoms with van der Waals surface area (Å²) in [6.45, 7) is 5.58. The van der Waals surface area contributed by atoms with Crippen LogP contribution in [-0.4, -0.2) is 43.6 Å². The fraction of sp³-hybridized carbons (Fsp3) is 0.750. The Labute approximate surface area is 112 Å². The number of primary amides is 1. The van der Waals surface area contributed by atoms with E-state index in [2.05, 4.69) is 5.32 Å². The van der Waals surface area contributed by atoms with Gasteiger partial charge in [-0.3, -0.25) is 14.4 Å². The van der Waals surface area contributed by atoms with E-state index in [0.717, 1.165) is 0 Å². The van der Waals surface area contributed by atoms with Gasteiger partial charge in [-0.15, -0.1) is 0 Å². The number of ether oxygens (including phenoxy) is 2. The molecule has 0 unspecified atom stereocenters. The maximum absolute atomic E-state index is 11.4. The van der Waals surface area contributed by atoms with Crippen molar-refractivity contribution in [1.82, 2.24) is 5.32 Å². The molecule has 0 aromatic heterocycles. The Hall–Kier alpha value is -1.63. The van der Waals surface area contributed by atoms with E-state index in [0.29, 0.717) is 6.61 Å². The van der Waals surface area contributed by atoms with Crippen molar-refractivity contribution >= 4 is 17.8 Å². The summed E-state index contributed by atoms with van der Waals surface area (Å²) in [5.41, 5.74) is 5.19. The van der Waals surface area contributed by atoms with Crippen LogP contribution in [0.5, 0.6) is 0 Å². The van der Waals surface area contributed by atoms with E-state index in [-0.39, 0.29) is 19.6 Å². The minimum Gasteiger partial charge on any atom is -0.466 e. The van der Waals surface area contributed by atoms with Gasteiger partial charge in [-0.2, -0.15) is 0 Å². The fourth-order valence-corrected chi connectivity index (χ4v) is 1.41. The number of hydrogen-bond acceptors (Lipinski definition) is 5. The molecule has 0 bridgehead atoms. The molecule has 0 aromatic carbocycles. The van der Waals surface area contributed by atoms with Crippen LogP contribution in [0.25, 0.3) is 0 Å². The molecule has 0 aliphatic heterocycles. The van der Waals surface area contributed by atoms with E-state index < -0.39 is 29.7 Å². The van der Waals surface area contributed by atoms with Gasteiger partial charge in [0.1, 0.15) is 12.6 Å². The zero-order valence-corrected chi connectivity index (χ0v) is 11.6. The first-order chi connectivity index (χ1) is 8.92. The summed E-state index contributed by atoms with van der Waals surface area (Å²) >= 11 is 0. The number of rotatable bonds is 9. The molecular weight excluding hydrogens is 252 g/mol. The maximum atomic E-state index is 11.4. The van der Waals surface area contributed by atoms with E-state index in [4.69, 9.17) is 15.2 Å². The van der Waals surface area contributed by atoms with Gasteiger partial charge < -0.3 is 20.5 Å². The molecule has 0 radical (unpaired) electrons. The van der Waals surface area contributed by atoms with Crippen LogP contribution in [0.15, 0.2) is 0 Å². The number of nitrogens with one attached hydrogen (secondary N) is 1. The molecule has 110 valence electrons. The summed E-state index contributed by atoms with van der Waals surface area (Å²) in [6.07, 6.45) is 0.103. The quantitative estimate of drug-likeness (QED) is 0.555. The van der Waals surface area contributed by atoms with Crippen LogP contribution in [0, 0.1) is 5.92 Å². The van der Waals surface area contributed by atoms with Gasteiger partial charge in [0.25, 0.3) is 0 Å². The average molecular weight is 274 g/mol. The number of carbonyl (C=O) groups is 3. The Morgan fingerprint density at radius 2 is 1.84 bits per heavy atom. The van der Waals surface area contributed by atoms with Crippen molar-refractivity contribution in [3.8, 4) is 0 Å². The molecule has 2 atom stereocenters. The molecule has 0 aliphatic rings. The summed E-state index contributed by atoms with van der Waals surface area (Å²) in [5, 5.41) is 2.43. The van der Waals surface area contributed by atoms with Gasteiger partial charge in [0.05, 0.1) is 12.5 Å². The van der Waals surface area contributed by atoms with E-state index in [1.807, 2.05) is 0 Å². The Balaban J connectivity index is 4.37. The average Bonchev–Trinajstić information content (AvgIpc) is 2.35. The van der Waals surface area contributed by atoms with Crippen LogP contribution in [0.2, 0.25) is 0 Å². The summed E-state index contributed by atoms with van der Waals surface area (Å²) in [7, 11) is 0. The SMILES string of the molecule is CCOCC(=O)N[C@@H](C[C@H](C)C(=O)OCC)C(N)=O. The van der Waals surface area contributed by atoms with Crippen molar-refractivity contribution in [2.24, 2.45) is 11.7 Å². The van der Waals surface area contributed by atoms with Crippen molar-refractivity contribution in [3.05, 3.63) is 0 Å². The van der Waals surface area contributed by atoms with Crippen LogP contribution in [0.4, 0.5) is 0 Å². The molecule has 0 spiro atoms. The van der Waals surface area contributed by atoms with E-state index >= 15 is 0 Å². The molecule has 0 rings (SSSR count). The van der Waals surface area contributed by atoms with Gasteiger partial charge in [-0.1, -0.05) is 6.92 Å². The number of amides is 2. The minimum atomic E-state index is -0.910. The monoisotopic (exact) mass is 274 g/mol. The Morgan fingerprint density at radius 1 is 1.21 bits per heavy atom. The third kappa shape index (κ3) is 7.40. The first-order valence-electron chi connectivity index (χ1n) is 6.25. The highest BCUT2D eigenvalue weighted by atomic mass is 16.5. The largest absolute Gasteiger partial charge is 0.466 e. The highest BCUT2D eigenvalue weighted by Crippen LogP contribution is 2.08. The van der Waals surface area contributed by atoms with Gasteiger partial charge in [-0.05, 0) is 20.3 Å². The van der Waals surface area contributed by atoms with Gasteiger partial charge in [0, 0.05) is 6.61 Å². The van der Waals surface area contributed by atoms with Crippen molar-refractivity contribution in [1.29, 1.82) is 0 Å². The molecule has 0 saturated carbocycles. The Bertz CT molecular complexity index is 319. The summed E-state index contributed by atoms with van der Waals surface area (Å²) < 4.78 is 9.74. The molecule has 3 N–H and O–H groups in total.